The first-order valence-electron chi connectivity index (χ1n) is 5.38. The molecule has 0 radical (unpaired) electrons. The van der Waals surface area contributed by atoms with Crippen LogP contribution in [-0.4, -0.2) is 5.11 Å². The van der Waals surface area contributed by atoms with Crippen LogP contribution in [0.1, 0.15) is 22.8 Å². The van der Waals surface area contributed by atoms with Crippen molar-refractivity contribution in [3.8, 4) is 0 Å². The zero-order chi connectivity index (χ0) is 13.3. The van der Waals surface area contributed by atoms with Gasteiger partial charge in [-0.15, -0.1) is 0 Å². The normalized spacial score (nSPS) is 12.5. The van der Waals surface area contributed by atoms with Gasteiger partial charge in [-0.25, -0.2) is 4.39 Å². The van der Waals surface area contributed by atoms with Crippen molar-refractivity contribution < 1.29 is 9.50 Å². The minimum absolute atomic E-state index is 0.248. The molecule has 0 heterocycles. The maximum absolute atomic E-state index is 13.7. The smallest absolute Gasteiger partial charge is 0.129 e. The lowest BCUT2D eigenvalue weighted by atomic mass is 9.99. The molecule has 0 aliphatic carbocycles. The van der Waals surface area contributed by atoms with Crippen molar-refractivity contribution in [3.05, 3.63) is 68.4 Å². The molecule has 2 aromatic rings. The Hall–Kier alpha value is -0.900. The Morgan fingerprint density at radius 1 is 1.17 bits per heavy atom. The van der Waals surface area contributed by atoms with Crippen LogP contribution < -0.4 is 0 Å². The molecule has 0 amide bonds. The molecule has 0 aliphatic rings. The molecule has 0 bridgehead atoms. The van der Waals surface area contributed by atoms with Crippen LogP contribution in [0, 0.1) is 12.7 Å². The second kappa shape index (κ2) is 5.39. The van der Waals surface area contributed by atoms with Crippen LogP contribution in [0.4, 0.5) is 4.39 Å². The third kappa shape index (κ3) is 2.74. The number of aliphatic hydroxyl groups excluding tert-OH is 1. The van der Waals surface area contributed by atoms with Gasteiger partial charge in [0, 0.05) is 20.6 Å². The van der Waals surface area contributed by atoms with Crippen molar-refractivity contribution in [1.29, 1.82) is 0 Å². The lowest BCUT2D eigenvalue weighted by Crippen LogP contribution is -2.04. The Kier molecular flexibility index (Phi) is 4.05. The van der Waals surface area contributed by atoms with Crippen molar-refractivity contribution in [2.24, 2.45) is 0 Å². The highest BCUT2D eigenvalue weighted by molar-refractivity contribution is 9.10. The molecule has 4 heteroatoms. The summed E-state index contributed by atoms with van der Waals surface area (Å²) in [6.45, 7) is 1.85. The van der Waals surface area contributed by atoms with E-state index in [0.717, 1.165) is 5.56 Å². The second-order valence-corrected chi connectivity index (χ2v) is 5.38. The van der Waals surface area contributed by atoms with Crippen molar-refractivity contribution in [1.82, 2.24) is 0 Å². The van der Waals surface area contributed by atoms with E-state index >= 15 is 0 Å². The molecule has 0 aliphatic heterocycles. The van der Waals surface area contributed by atoms with Crippen LogP contribution in [0.2, 0.25) is 5.02 Å². The van der Waals surface area contributed by atoms with Gasteiger partial charge in [-0.3, -0.25) is 0 Å². The van der Waals surface area contributed by atoms with Gasteiger partial charge in [0.1, 0.15) is 11.9 Å². The van der Waals surface area contributed by atoms with E-state index in [9.17, 15) is 9.50 Å². The Morgan fingerprint density at radius 2 is 1.89 bits per heavy atom. The summed E-state index contributed by atoms with van der Waals surface area (Å²) >= 11 is 9.22. The number of hydrogen-bond acceptors (Lipinski definition) is 1. The fourth-order valence-corrected chi connectivity index (χ4v) is 2.41. The summed E-state index contributed by atoms with van der Waals surface area (Å²) in [5.74, 6) is -0.431. The third-order valence-corrected chi connectivity index (χ3v) is 3.66. The van der Waals surface area contributed by atoms with Crippen LogP contribution in [0.3, 0.4) is 0 Å². The largest absolute Gasteiger partial charge is 0.384 e. The highest BCUT2D eigenvalue weighted by atomic mass is 79.9. The van der Waals surface area contributed by atoms with Gasteiger partial charge in [0.05, 0.1) is 0 Å². The number of halogens is 3. The number of aliphatic hydroxyl groups is 1. The van der Waals surface area contributed by atoms with Crippen molar-refractivity contribution in [2.45, 2.75) is 13.0 Å². The van der Waals surface area contributed by atoms with Gasteiger partial charge in [0.25, 0.3) is 0 Å². The van der Waals surface area contributed by atoms with E-state index in [1.165, 1.54) is 6.07 Å². The number of hydrogen-bond donors (Lipinski definition) is 1. The van der Waals surface area contributed by atoms with E-state index in [2.05, 4.69) is 15.9 Å². The van der Waals surface area contributed by atoms with Gasteiger partial charge in [-0.1, -0.05) is 45.2 Å². The number of rotatable bonds is 2. The summed E-state index contributed by atoms with van der Waals surface area (Å²) < 4.78 is 14.4. The summed E-state index contributed by atoms with van der Waals surface area (Å²) in [7, 11) is 0. The molecule has 1 atom stereocenters. The highest BCUT2D eigenvalue weighted by Crippen LogP contribution is 2.32. The molecule has 2 rings (SSSR count). The summed E-state index contributed by atoms with van der Waals surface area (Å²) in [4.78, 5) is 0. The first-order valence-corrected chi connectivity index (χ1v) is 6.55. The van der Waals surface area contributed by atoms with Crippen LogP contribution in [0.15, 0.2) is 40.9 Å². The van der Waals surface area contributed by atoms with Gasteiger partial charge in [0.15, 0.2) is 0 Å². The monoisotopic (exact) mass is 328 g/mol. The van der Waals surface area contributed by atoms with E-state index in [1.54, 1.807) is 30.3 Å². The lowest BCUT2D eigenvalue weighted by molar-refractivity contribution is 0.214. The fourth-order valence-electron chi connectivity index (χ4n) is 1.76. The summed E-state index contributed by atoms with van der Waals surface area (Å²) in [5.41, 5.74) is 1.69. The minimum atomic E-state index is -1.04. The average molecular weight is 330 g/mol. The molecule has 18 heavy (non-hydrogen) atoms. The summed E-state index contributed by atoms with van der Waals surface area (Å²) in [6, 6.07) is 9.71. The first kappa shape index (κ1) is 13.5. The molecule has 1 N–H and O–H groups in total. The maximum Gasteiger partial charge on any atom is 0.129 e. The van der Waals surface area contributed by atoms with Crippen LogP contribution in [0.25, 0.3) is 0 Å². The van der Waals surface area contributed by atoms with Crippen molar-refractivity contribution >= 4 is 27.5 Å². The van der Waals surface area contributed by atoms with E-state index < -0.39 is 11.9 Å². The lowest BCUT2D eigenvalue weighted by Gasteiger charge is -2.15. The standard InChI is InChI=1S/C14H11BrClFO/c1-8-2-5-13(17)11(6-8)14(18)10-7-9(16)3-4-12(10)15/h2-7,14,18H,1H3. The predicted octanol–water partition coefficient (Wildman–Crippen LogP) is 4.63. The molecule has 0 aromatic heterocycles. The van der Waals surface area contributed by atoms with E-state index in [4.69, 9.17) is 11.6 Å². The number of aryl methyl sites for hydroxylation is 1. The molecule has 0 spiro atoms. The van der Waals surface area contributed by atoms with E-state index in [-0.39, 0.29) is 5.56 Å². The quantitative estimate of drug-likeness (QED) is 0.851. The number of benzene rings is 2. The third-order valence-electron chi connectivity index (χ3n) is 2.70. The van der Waals surface area contributed by atoms with Crippen molar-refractivity contribution in [2.75, 3.05) is 0 Å². The van der Waals surface area contributed by atoms with Crippen LogP contribution in [0.5, 0.6) is 0 Å². The molecule has 2 aromatic carbocycles. The van der Waals surface area contributed by atoms with Gasteiger partial charge in [-0.2, -0.15) is 0 Å². The van der Waals surface area contributed by atoms with Gasteiger partial charge in [0.2, 0.25) is 0 Å². The molecular formula is C14H11BrClFO. The summed E-state index contributed by atoms with van der Waals surface area (Å²) in [5, 5.41) is 10.8. The van der Waals surface area contributed by atoms with Crippen LogP contribution in [-0.2, 0) is 0 Å². The molecular weight excluding hydrogens is 319 g/mol. The van der Waals surface area contributed by atoms with E-state index in [0.29, 0.717) is 15.1 Å². The maximum atomic E-state index is 13.7. The molecule has 1 unspecified atom stereocenters. The highest BCUT2D eigenvalue weighted by Gasteiger charge is 2.18. The Balaban J connectivity index is 2.50. The molecule has 1 nitrogen and oxygen atoms in total. The second-order valence-electron chi connectivity index (χ2n) is 4.09. The molecule has 0 fully saturated rings. The molecule has 0 saturated heterocycles. The Bertz CT molecular complexity index is 535. The zero-order valence-corrected chi connectivity index (χ0v) is 12.0. The minimum Gasteiger partial charge on any atom is -0.384 e. The SMILES string of the molecule is Cc1ccc(F)c(C(O)c2cc(Cl)ccc2Br)c1. The Morgan fingerprint density at radius 3 is 2.61 bits per heavy atom. The van der Waals surface area contributed by atoms with Crippen LogP contribution >= 0.6 is 27.5 Å². The summed E-state index contributed by atoms with van der Waals surface area (Å²) in [6.07, 6.45) is -1.04. The Labute approximate surface area is 118 Å². The topological polar surface area (TPSA) is 20.2 Å². The van der Waals surface area contributed by atoms with Gasteiger partial charge in [-0.05, 0) is 31.2 Å². The molecule has 94 valence electrons. The average Bonchev–Trinajstić information content (AvgIpc) is 2.34. The fraction of sp³-hybridized carbons (Fsp3) is 0.143. The zero-order valence-electron chi connectivity index (χ0n) is 9.62. The van der Waals surface area contributed by atoms with E-state index in [1.807, 2.05) is 6.92 Å². The predicted molar refractivity (Wildman–Crippen MR) is 74.4 cm³/mol. The molecule has 0 saturated carbocycles. The van der Waals surface area contributed by atoms with Crippen molar-refractivity contribution in [3.63, 3.8) is 0 Å². The van der Waals surface area contributed by atoms with Gasteiger partial charge < -0.3 is 5.11 Å². The van der Waals surface area contributed by atoms with Gasteiger partial charge >= 0.3 is 0 Å². The first-order chi connectivity index (χ1) is 8.49.